The van der Waals surface area contributed by atoms with Crippen molar-refractivity contribution in [3.63, 3.8) is 0 Å². The fourth-order valence-corrected chi connectivity index (χ4v) is 3.99. The second-order valence-electron chi connectivity index (χ2n) is 6.09. The van der Waals surface area contributed by atoms with Crippen LogP contribution in [-0.4, -0.2) is 22.0 Å². The molecule has 1 aromatic carbocycles. The van der Waals surface area contributed by atoms with Crippen LogP contribution in [0.4, 0.5) is 14.9 Å². The van der Waals surface area contributed by atoms with Gasteiger partial charge in [-0.3, -0.25) is 0 Å². The second kappa shape index (κ2) is 5.90. The highest BCUT2D eigenvalue weighted by molar-refractivity contribution is 6.42. The van der Waals surface area contributed by atoms with E-state index in [2.05, 4.69) is 10.3 Å². The molecule has 0 spiro atoms. The summed E-state index contributed by atoms with van der Waals surface area (Å²) < 4.78 is 13.9. The van der Waals surface area contributed by atoms with Crippen molar-refractivity contribution >= 4 is 34.9 Å². The minimum atomic E-state index is -0.422. The molecule has 7 heteroatoms. The van der Waals surface area contributed by atoms with E-state index in [0.717, 1.165) is 18.4 Å². The van der Waals surface area contributed by atoms with Crippen molar-refractivity contribution in [3.05, 3.63) is 57.6 Å². The molecular formula is C17H14Cl2FN3O. The highest BCUT2D eigenvalue weighted by atomic mass is 35.5. The van der Waals surface area contributed by atoms with E-state index >= 15 is 0 Å². The van der Waals surface area contributed by atoms with Gasteiger partial charge in [0.15, 0.2) is 0 Å². The monoisotopic (exact) mass is 365 g/mol. The molecule has 0 radical (unpaired) electrons. The number of rotatable bonds is 1. The summed E-state index contributed by atoms with van der Waals surface area (Å²) >= 11 is 11.9. The van der Waals surface area contributed by atoms with Gasteiger partial charge < -0.3 is 10.2 Å². The summed E-state index contributed by atoms with van der Waals surface area (Å²) in [5, 5.41) is 3.68. The smallest absolute Gasteiger partial charge is 0.314 e. The topological polar surface area (TPSA) is 45.2 Å². The molecule has 2 atom stereocenters. The lowest BCUT2D eigenvalue weighted by Gasteiger charge is -2.36. The number of aromatic nitrogens is 1. The van der Waals surface area contributed by atoms with Crippen molar-refractivity contribution in [2.24, 2.45) is 0 Å². The number of anilines is 1. The number of benzene rings is 1. The second-order valence-corrected chi connectivity index (χ2v) is 6.90. The molecule has 24 heavy (non-hydrogen) atoms. The number of fused-ring (bicyclic) bond motifs is 4. The van der Waals surface area contributed by atoms with Crippen LogP contribution in [0.5, 0.6) is 0 Å². The molecule has 4 nitrogen and oxygen atoms in total. The van der Waals surface area contributed by atoms with E-state index in [-0.39, 0.29) is 18.1 Å². The van der Waals surface area contributed by atoms with Crippen molar-refractivity contribution in [2.45, 2.75) is 31.3 Å². The molecular weight excluding hydrogens is 352 g/mol. The molecule has 2 aromatic rings. The highest BCUT2D eigenvalue weighted by Gasteiger charge is 2.43. The third-order valence-corrected chi connectivity index (χ3v) is 5.49. The summed E-state index contributed by atoms with van der Waals surface area (Å²) in [7, 11) is 0. The number of carbonyl (C=O) groups is 1. The van der Waals surface area contributed by atoms with Crippen molar-refractivity contribution in [2.75, 3.05) is 5.32 Å². The summed E-state index contributed by atoms with van der Waals surface area (Å²) in [6.45, 7) is 0. The number of hydrogen-bond acceptors (Lipinski definition) is 2. The molecule has 1 fully saturated rings. The number of halogens is 3. The standard InChI is InChI=1S/C17H14Cl2FN3O/c18-13-3-1-9(7-14(13)19)22-17(24)23-10-2-4-15(23)11-5-6-21-16(20)12(11)8-10/h1,3,5-7,10,15H,2,4,8H2,(H,22,24)/t10-,15+/m0/s1. The third-order valence-electron chi connectivity index (χ3n) is 4.75. The molecule has 0 unspecified atom stereocenters. The Morgan fingerprint density at radius 2 is 2.08 bits per heavy atom. The fourth-order valence-electron chi connectivity index (χ4n) is 3.69. The van der Waals surface area contributed by atoms with Crippen LogP contribution in [0.25, 0.3) is 0 Å². The number of nitrogens with one attached hydrogen (secondary N) is 1. The van der Waals surface area contributed by atoms with Gasteiger partial charge in [0.25, 0.3) is 0 Å². The van der Waals surface area contributed by atoms with Gasteiger partial charge in [-0.2, -0.15) is 4.39 Å². The molecule has 2 aliphatic rings. The molecule has 2 amide bonds. The van der Waals surface area contributed by atoms with Crippen molar-refractivity contribution in [3.8, 4) is 0 Å². The predicted molar refractivity (Wildman–Crippen MR) is 91.0 cm³/mol. The van der Waals surface area contributed by atoms with E-state index < -0.39 is 5.95 Å². The van der Waals surface area contributed by atoms with Gasteiger partial charge in [0.2, 0.25) is 5.95 Å². The van der Waals surface area contributed by atoms with E-state index in [9.17, 15) is 9.18 Å². The number of urea groups is 1. The number of amides is 2. The summed E-state index contributed by atoms with van der Waals surface area (Å²) in [6.07, 6.45) is 3.64. The maximum absolute atomic E-state index is 13.9. The van der Waals surface area contributed by atoms with Crippen LogP contribution in [0, 0.1) is 5.95 Å². The zero-order valence-electron chi connectivity index (χ0n) is 12.6. The Morgan fingerprint density at radius 3 is 2.88 bits per heavy atom. The van der Waals surface area contributed by atoms with Crippen LogP contribution in [0.15, 0.2) is 30.5 Å². The fraction of sp³-hybridized carbons (Fsp3) is 0.294. The molecule has 1 N–H and O–H groups in total. The Balaban J connectivity index is 1.61. The van der Waals surface area contributed by atoms with Crippen LogP contribution >= 0.6 is 23.2 Å². The molecule has 1 saturated heterocycles. The summed E-state index contributed by atoms with van der Waals surface area (Å²) in [4.78, 5) is 18.3. The molecule has 3 heterocycles. The normalized spacial score (nSPS) is 21.5. The van der Waals surface area contributed by atoms with Gasteiger partial charge in [0, 0.05) is 23.5 Å². The molecule has 0 saturated carbocycles. The lowest BCUT2D eigenvalue weighted by Crippen LogP contribution is -2.44. The highest BCUT2D eigenvalue weighted by Crippen LogP contribution is 2.44. The van der Waals surface area contributed by atoms with E-state index in [1.165, 1.54) is 6.20 Å². The van der Waals surface area contributed by atoms with Gasteiger partial charge in [-0.1, -0.05) is 23.2 Å². The molecule has 1 aromatic heterocycles. The van der Waals surface area contributed by atoms with E-state index in [0.29, 0.717) is 27.7 Å². The Labute approximate surface area is 148 Å². The minimum Gasteiger partial charge on any atom is -0.314 e. The number of carbonyl (C=O) groups excluding carboxylic acids is 1. The zero-order valence-corrected chi connectivity index (χ0v) is 14.1. The van der Waals surface area contributed by atoms with Crippen LogP contribution in [-0.2, 0) is 6.42 Å². The van der Waals surface area contributed by atoms with Crippen molar-refractivity contribution in [1.82, 2.24) is 9.88 Å². The number of hydrogen-bond donors (Lipinski definition) is 1. The first-order valence-electron chi connectivity index (χ1n) is 7.72. The van der Waals surface area contributed by atoms with Crippen LogP contribution in [0.1, 0.15) is 30.0 Å². The molecule has 2 bridgehead atoms. The quantitative estimate of drug-likeness (QED) is 0.736. The van der Waals surface area contributed by atoms with Gasteiger partial charge in [-0.25, -0.2) is 9.78 Å². The maximum Gasteiger partial charge on any atom is 0.322 e. The Kier molecular flexibility index (Phi) is 3.85. The van der Waals surface area contributed by atoms with Crippen LogP contribution in [0.2, 0.25) is 10.0 Å². The molecule has 124 valence electrons. The van der Waals surface area contributed by atoms with Gasteiger partial charge in [0.05, 0.1) is 16.1 Å². The maximum atomic E-state index is 13.9. The third kappa shape index (κ3) is 2.52. The lowest BCUT2D eigenvalue weighted by atomic mass is 9.95. The summed E-state index contributed by atoms with van der Waals surface area (Å²) in [6, 6.07) is 6.44. The molecule has 4 rings (SSSR count). The van der Waals surface area contributed by atoms with Gasteiger partial charge >= 0.3 is 6.03 Å². The molecule has 2 aliphatic heterocycles. The van der Waals surface area contributed by atoms with Gasteiger partial charge in [-0.05, 0) is 49.1 Å². The number of pyridine rings is 1. The summed E-state index contributed by atoms with van der Waals surface area (Å²) in [5.41, 5.74) is 2.09. The van der Waals surface area contributed by atoms with Crippen LogP contribution in [0.3, 0.4) is 0 Å². The zero-order chi connectivity index (χ0) is 16.8. The largest absolute Gasteiger partial charge is 0.322 e. The SMILES string of the molecule is O=C(Nc1ccc(Cl)c(Cl)c1)N1[C@H]2CC[C@@H]1c1ccnc(F)c1C2. The lowest BCUT2D eigenvalue weighted by molar-refractivity contribution is 0.178. The van der Waals surface area contributed by atoms with Crippen molar-refractivity contribution in [1.29, 1.82) is 0 Å². The van der Waals surface area contributed by atoms with E-state index in [4.69, 9.17) is 23.2 Å². The number of nitrogens with zero attached hydrogens (tertiary/aromatic N) is 2. The Hall–Kier alpha value is -1.85. The van der Waals surface area contributed by atoms with Crippen LogP contribution < -0.4 is 5.32 Å². The van der Waals surface area contributed by atoms with Crippen molar-refractivity contribution < 1.29 is 9.18 Å². The first-order valence-corrected chi connectivity index (χ1v) is 8.48. The predicted octanol–water partition coefficient (Wildman–Crippen LogP) is 4.82. The average molecular weight is 366 g/mol. The first-order chi connectivity index (χ1) is 11.5. The average Bonchev–Trinajstić information content (AvgIpc) is 2.87. The summed E-state index contributed by atoms with van der Waals surface area (Å²) in [5.74, 6) is -0.422. The van der Waals surface area contributed by atoms with Gasteiger partial charge in [-0.15, -0.1) is 0 Å². The molecule has 0 aliphatic carbocycles. The Bertz CT molecular complexity index is 829. The van der Waals surface area contributed by atoms with E-state index in [1.54, 1.807) is 18.2 Å². The Morgan fingerprint density at radius 1 is 1.25 bits per heavy atom. The van der Waals surface area contributed by atoms with Gasteiger partial charge in [0.1, 0.15) is 0 Å². The minimum absolute atomic E-state index is 0.0102. The van der Waals surface area contributed by atoms with E-state index in [1.807, 2.05) is 11.0 Å². The first kappa shape index (κ1) is 15.7.